The van der Waals surface area contributed by atoms with Gasteiger partial charge in [0.05, 0.1) is 34.5 Å². The molecule has 9 nitrogen and oxygen atoms in total. The van der Waals surface area contributed by atoms with E-state index in [1.54, 1.807) is 29.3 Å². The van der Waals surface area contributed by atoms with Crippen LogP contribution in [-0.4, -0.2) is 54.8 Å². The van der Waals surface area contributed by atoms with E-state index in [-0.39, 0.29) is 30.2 Å². The first-order chi connectivity index (χ1) is 15.9. The standard InChI is InChI=1S/C24H26N8O/c1-15-13-32(22-11-23(33)28-21-14-30(9-6-25)29-24(21)22)16(2)12-31(15)17(3)18-4-5-19-20(10-18)27-8-7-26-19/h4-5,7-8,10-11,14-17H,9,12-13H2,1-3H3,(H,28,33)/t15-,16+,17-/m1/s1. The summed E-state index contributed by atoms with van der Waals surface area (Å²) in [6.07, 6.45) is 5.16. The van der Waals surface area contributed by atoms with Crippen LogP contribution in [0.1, 0.15) is 32.4 Å². The largest absolute Gasteiger partial charge is 0.364 e. The van der Waals surface area contributed by atoms with Crippen LogP contribution in [0.2, 0.25) is 0 Å². The van der Waals surface area contributed by atoms with Crippen LogP contribution in [0.15, 0.2) is 47.7 Å². The van der Waals surface area contributed by atoms with Gasteiger partial charge in [0.15, 0.2) is 0 Å². The quantitative estimate of drug-likeness (QED) is 0.518. The number of hydrogen-bond acceptors (Lipinski definition) is 7. The summed E-state index contributed by atoms with van der Waals surface area (Å²) in [4.78, 5) is 28.8. The zero-order valence-corrected chi connectivity index (χ0v) is 18.9. The molecule has 1 fully saturated rings. The summed E-state index contributed by atoms with van der Waals surface area (Å²) in [6, 6.07) is 10.7. The van der Waals surface area contributed by atoms with Gasteiger partial charge in [-0.2, -0.15) is 10.4 Å². The van der Waals surface area contributed by atoms with Gasteiger partial charge in [-0.3, -0.25) is 24.3 Å². The first kappa shape index (κ1) is 21.1. The van der Waals surface area contributed by atoms with E-state index >= 15 is 0 Å². The molecule has 0 bridgehead atoms. The second-order valence-electron chi connectivity index (χ2n) is 8.79. The van der Waals surface area contributed by atoms with E-state index in [0.717, 1.165) is 35.3 Å². The molecule has 1 aliphatic rings. The molecule has 1 saturated heterocycles. The van der Waals surface area contributed by atoms with Gasteiger partial charge >= 0.3 is 0 Å². The highest BCUT2D eigenvalue weighted by Crippen LogP contribution is 2.32. The lowest BCUT2D eigenvalue weighted by Crippen LogP contribution is -2.57. The molecule has 0 saturated carbocycles. The van der Waals surface area contributed by atoms with Crippen molar-refractivity contribution < 1.29 is 0 Å². The number of aromatic amines is 1. The van der Waals surface area contributed by atoms with Crippen molar-refractivity contribution in [2.75, 3.05) is 18.0 Å². The maximum absolute atomic E-state index is 12.4. The zero-order chi connectivity index (χ0) is 23.1. The smallest absolute Gasteiger partial charge is 0.250 e. The first-order valence-corrected chi connectivity index (χ1v) is 11.1. The van der Waals surface area contributed by atoms with Gasteiger partial charge in [-0.15, -0.1) is 0 Å². The van der Waals surface area contributed by atoms with E-state index in [4.69, 9.17) is 5.26 Å². The topological polar surface area (TPSA) is 107 Å². The molecule has 168 valence electrons. The van der Waals surface area contributed by atoms with Crippen molar-refractivity contribution >= 4 is 27.8 Å². The summed E-state index contributed by atoms with van der Waals surface area (Å²) in [5.74, 6) is 0. The van der Waals surface area contributed by atoms with Gasteiger partial charge in [0, 0.05) is 49.7 Å². The van der Waals surface area contributed by atoms with E-state index in [1.165, 1.54) is 5.56 Å². The molecular formula is C24H26N8O. The van der Waals surface area contributed by atoms with Crippen LogP contribution >= 0.6 is 0 Å². The molecule has 3 aromatic heterocycles. The first-order valence-electron chi connectivity index (χ1n) is 11.1. The Kier molecular flexibility index (Phi) is 5.30. The third-order valence-electron chi connectivity index (χ3n) is 6.58. The number of H-pyrrole nitrogens is 1. The normalized spacial score (nSPS) is 20.2. The second-order valence-corrected chi connectivity index (χ2v) is 8.79. The third kappa shape index (κ3) is 3.83. The van der Waals surface area contributed by atoms with Crippen molar-refractivity contribution in [1.82, 2.24) is 29.6 Å². The maximum atomic E-state index is 12.4. The highest BCUT2D eigenvalue weighted by Gasteiger charge is 2.33. The summed E-state index contributed by atoms with van der Waals surface area (Å²) < 4.78 is 1.57. The van der Waals surface area contributed by atoms with Crippen molar-refractivity contribution in [2.45, 2.75) is 45.4 Å². The fraction of sp³-hybridized carbons (Fsp3) is 0.375. The van der Waals surface area contributed by atoms with Crippen molar-refractivity contribution in [3.05, 3.63) is 58.8 Å². The number of hydrogen-bond donors (Lipinski definition) is 1. The number of nitrogens with one attached hydrogen (secondary N) is 1. The van der Waals surface area contributed by atoms with E-state index in [9.17, 15) is 4.79 Å². The van der Waals surface area contributed by atoms with Gasteiger partial charge in [0.2, 0.25) is 0 Å². The number of fused-ring (bicyclic) bond motifs is 2. The van der Waals surface area contributed by atoms with Crippen LogP contribution in [0.3, 0.4) is 0 Å². The molecule has 0 spiro atoms. The SMILES string of the molecule is C[C@@H]1CN(c2cc(=O)[nH]c3cn(CC#N)nc23)[C@@H](C)CN1[C@H](C)c1ccc2nccnc2c1. The summed E-state index contributed by atoms with van der Waals surface area (Å²) >= 11 is 0. The molecule has 0 aliphatic carbocycles. The van der Waals surface area contributed by atoms with Crippen LogP contribution in [0, 0.1) is 11.3 Å². The highest BCUT2D eigenvalue weighted by atomic mass is 16.1. The van der Waals surface area contributed by atoms with Gasteiger partial charge in [0.1, 0.15) is 12.1 Å². The fourth-order valence-corrected chi connectivity index (χ4v) is 4.90. The number of anilines is 1. The van der Waals surface area contributed by atoms with Crippen LogP contribution in [0.25, 0.3) is 22.1 Å². The highest BCUT2D eigenvalue weighted by molar-refractivity contribution is 5.87. The number of nitriles is 1. The van der Waals surface area contributed by atoms with Gasteiger partial charge < -0.3 is 9.88 Å². The molecule has 4 aromatic rings. The van der Waals surface area contributed by atoms with Crippen molar-refractivity contribution in [1.29, 1.82) is 5.26 Å². The molecule has 0 unspecified atom stereocenters. The average Bonchev–Trinajstić information content (AvgIpc) is 3.21. The van der Waals surface area contributed by atoms with E-state index in [2.05, 4.69) is 68.8 Å². The minimum atomic E-state index is -0.165. The summed E-state index contributed by atoms with van der Waals surface area (Å²) in [5.41, 5.74) is 5.04. The number of pyridine rings is 1. The Morgan fingerprint density at radius 3 is 2.73 bits per heavy atom. The molecule has 3 atom stereocenters. The summed E-state index contributed by atoms with van der Waals surface area (Å²) in [5, 5.41) is 13.6. The molecule has 5 rings (SSSR count). The molecule has 1 aromatic carbocycles. The molecule has 1 N–H and O–H groups in total. The minimum Gasteiger partial charge on any atom is -0.364 e. The predicted octanol–water partition coefficient (Wildman–Crippen LogP) is 2.85. The lowest BCUT2D eigenvalue weighted by Gasteiger charge is -2.47. The van der Waals surface area contributed by atoms with Gasteiger partial charge in [-0.25, -0.2) is 0 Å². The Hall–Kier alpha value is -3.77. The maximum Gasteiger partial charge on any atom is 0.250 e. The number of piperazine rings is 1. The van der Waals surface area contributed by atoms with Crippen molar-refractivity contribution in [2.24, 2.45) is 0 Å². The third-order valence-corrected chi connectivity index (χ3v) is 6.58. The number of aromatic nitrogens is 5. The molecule has 4 heterocycles. The summed E-state index contributed by atoms with van der Waals surface area (Å²) in [7, 11) is 0. The van der Waals surface area contributed by atoms with Crippen LogP contribution < -0.4 is 10.5 Å². The Balaban J connectivity index is 1.43. The summed E-state index contributed by atoms with van der Waals surface area (Å²) in [6.45, 7) is 8.37. The van der Waals surface area contributed by atoms with E-state index in [0.29, 0.717) is 5.52 Å². The predicted molar refractivity (Wildman–Crippen MR) is 127 cm³/mol. The lowest BCUT2D eigenvalue weighted by molar-refractivity contribution is 0.119. The van der Waals surface area contributed by atoms with Crippen molar-refractivity contribution in [3.63, 3.8) is 0 Å². The molecule has 0 amide bonds. The van der Waals surface area contributed by atoms with Crippen LogP contribution in [-0.2, 0) is 6.54 Å². The van der Waals surface area contributed by atoms with Gasteiger partial charge in [-0.1, -0.05) is 6.07 Å². The van der Waals surface area contributed by atoms with Gasteiger partial charge in [-0.05, 0) is 38.5 Å². The lowest BCUT2D eigenvalue weighted by atomic mass is 10.00. The Bertz CT molecular complexity index is 1420. The monoisotopic (exact) mass is 442 g/mol. The number of nitrogens with zero attached hydrogens (tertiary/aromatic N) is 7. The average molecular weight is 443 g/mol. The Morgan fingerprint density at radius 2 is 1.94 bits per heavy atom. The molecule has 1 aliphatic heterocycles. The van der Waals surface area contributed by atoms with Crippen molar-refractivity contribution in [3.8, 4) is 6.07 Å². The second kappa shape index (κ2) is 8.30. The molecule has 33 heavy (non-hydrogen) atoms. The van der Waals surface area contributed by atoms with Gasteiger partial charge in [0.25, 0.3) is 5.56 Å². The van der Waals surface area contributed by atoms with E-state index < -0.39 is 0 Å². The molecular weight excluding hydrogens is 416 g/mol. The fourth-order valence-electron chi connectivity index (χ4n) is 4.90. The van der Waals surface area contributed by atoms with Crippen LogP contribution in [0.5, 0.6) is 0 Å². The van der Waals surface area contributed by atoms with Crippen LogP contribution in [0.4, 0.5) is 5.69 Å². The van der Waals surface area contributed by atoms with E-state index in [1.807, 2.05) is 6.07 Å². The number of benzene rings is 1. The Labute approximate surface area is 191 Å². The molecule has 0 radical (unpaired) electrons. The Morgan fingerprint density at radius 1 is 1.15 bits per heavy atom. The number of rotatable bonds is 4. The minimum absolute atomic E-state index is 0.142. The zero-order valence-electron chi connectivity index (χ0n) is 18.9. The molecule has 9 heteroatoms.